The van der Waals surface area contributed by atoms with E-state index in [2.05, 4.69) is 21.6 Å². The molecule has 1 aromatic heterocycles. The van der Waals surface area contributed by atoms with Gasteiger partial charge in [-0.05, 0) is 26.0 Å². The van der Waals surface area contributed by atoms with E-state index in [1.54, 1.807) is 0 Å². The molecular weight excluding hydrogens is 138 g/mol. The molecule has 3 heteroatoms. The number of H-pyrrole nitrogens is 1. The summed E-state index contributed by atoms with van der Waals surface area (Å²) in [5.74, 6) is 0.785. The Morgan fingerprint density at radius 2 is 2.55 bits per heavy atom. The fraction of sp³-hybridized carbons (Fsp3) is 0.625. The molecule has 0 saturated heterocycles. The number of nitrogens with one attached hydrogen (secondary N) is 2. The highest BCUT2D eigenvalue weighted by molar-refractivity contribution is 5.17. The highest BCUT2D eigenvalue weighted by Crippen LogP contribution is 2.38. The number of hydrogen-bond donors (Lipinski definition) is 2. The van der Waals surface area contributed by atoms with Crippen LogP contribution in [0.4, 0.5) is 0 Å². The fourth-order valence-corrected chi connectivity index (χ4v) is 1.26. The quantitative estimate of drug-likeness (QED) is 0.676. The molecule has 0 radical (unpaired) electrons. The predicted molar refractivity (Wildman–Crippen MR) is 43.3 cm³/mol. The summed E-state index contributed by atoms with van der Waals surface area (Å²) in [7, 11) is 1.94. The Kier molecular flexibility index (Phi) is 1.66. The van der Waals surface area contributed by atoms with Crippen molar-refractivity contribution in [3.63, 3.8) is 0 Å². The Labute approximate surface area is 66.2 Å². The summed E-state index contributed by atoms with van der Waals surface area (Å²) < 4.78 is 0. The van der Waals surface area contributed by atoms with Crippen LogP contribution in [0.3, 0.4) is 0 Å². The molecule has 1 heterocycles. The Morgan fingerprint density at radius 1 is 1.73 bits per heavy atom. The maximum atomic E-state index is 4.18. The normalized spacial score (nSPS) is 17.2. The molecule has 1 fully saturated rings. The van der Waals surface area contributed by atoms with Crippen LogP contribution in [-0.4, -0.2) is 17.2 Å². The lowest BCUT2D eigenvalue weighted by atomic mass is 10.3. The minimum Gasteiger partial charge on any atom is -0.314 e. The smallest absolute Gasteiger partial charge is 0.0762 e. The first kappa shape index (κ1) is 6.85. The van der Waals surface area contributed by atoms with E-state index < -0.39 is 0 Å². The van der Waals surface area contributed by atoms with Gasteiger partial charge in [0.15, 0.2) is 0 Å². The van der Waals surface area contributed by atoms with Crippen molar-refractivity contribution in [2.75, 3.05) is 7.05 Å². The van der Waals surface area contributed by atoms with Gasteiger partial charge < -0.3 is 5.32 Å². The third-order valence-electron chi connectivity index (χ3n) is 2.03. The van der Waals surface area contributed by atoms with Crippen LogP contribution in [0.5, 0.6) is 0 Å². The van der Waals surface area contributed by atoms with Gasteiger partial charge in [-0.2, -0.15) is 5.10 Å². The first-order chi connectivity index (χ1) is 5.40. The van der Waals surface area contributed by atoms with Gasteiger partial charge in [-0.3, -0.25) is 5.10 Å². The van der Waals surface area contributed by atoms with Gasteiger partial charge in [-0.15, -0.1) is 0 Å². The molecule has 2 rings (SSSR count). The van der Waals surface area contributed by atoms with E-state index in [0.717, 1.165) is 18.2 Å². The van der Waals surface area contributed by atoms with E-state index in [4.69, 9.17) is 0 Å². The lowest BCUT2D eigenvalue weighted by Gasteiger charge is -1.89. The highest BCUT2D eigenvalue weighted by Gasteiger charge is 2.25. The summed E-state index contributed by atoms with van der Waals surface area (Å²) in [6, 6.07) is 2.16. The maximum Gasteiger partial charge on any atom is 0.0762 e. The summed E-state index contributed by atoms with van der Waals surface area (Å²) in [4.78, 5) is 0. The van der Waals surface area contributed by atoms with Gasteiger partial charge in [0.25, 0.3) is 0 Å². The maximum absolute atomic E-state index is 4.18. The van der Waals surface area contributed by atoms with E-state index in [9.17, 15) is 0 Å². The molecule has 0 aliphatic heterocycles. The van der Waals surface area contributed by atoms with Gasteiger partial charge in [0.05, 0.1) is 5.69 Å². The van der Waals surface area contributed by atoms with Crippen LogP contribution in [-0.2, 0) is 6.54 Å². The molecule has 0 unspecified atom stereocenters. The van der Waals surface area contributed by atoms with Crippen molar-refractivity contribution in [3.8, 4) is 0 Å². The SMILES string of the molecule is CNCc1cc(C2CC2)[nH]n1. The Bertz CT molecular complexity index is 237. The van der Waals surface area contributed by atoms with E-state index in [1.165, 1.54) is 18.5 Å². The van der Waals surface area contributed by atoms with Gasteiger partial charge in [0, 0.05) is 18.2 Å². The summed E-state index contributed by atoms with van der Waals surface area (Å²) in [5.41, 5.74) is 2.43. The molecule has 0 aromatic carbocycles. The van der Waals surface area contributed by atoms with Crippen LogP contribution in [0.25, 0.3) is 0 Å². The number of hydrogen-bond acceptors (Lipinski definition) is 2. The molecule has 0 bridgehead atoms. The van der Waals surface area contributed by atoms with Crippen molar-refractivity contribution in [1.29, 1.82) is 0 Å². The molecule has 2 N–H and O–H groups in total. The van der Waals surface area contributed by atoms with Crippen LogP contribution in [0.2, 0.25) is 0 Å². The topological polar surface area (TPSA) is 40.7 Å². The first-order valence-corrected chi connectivity index (χ1v) is 4.09. The number of aromatic amines is 1. The molecule has 0 atom stereocenters. The lowest BCUT2D eigenvalue weighted by molar-refractivity contribution is 0.783. The molecular formula is C8H13N3. The van der Waals surface area contributed by atoms with E-state index in [1.807, 2.05) is 7.05 Å². The fourth-order valence-electron chi connectivity index (χ4n) is 1.26. The standard InChI is InChI=1S/C8H13N3/c1-9-5-7-4-8(11-10-7)6-2-3-6/h4,6,9H,2-3,5H2,1H3,(H,10,11). The zero-order valence-corrected chi connectivity index (χ0v) is 6.72. The minimum atomic E-state index is 0.785. The summed E-state index contributed by atoms with van der Waals surface area (Å²) in [6.07, 6.45) is 2.67. The molecule has 11 heavy (non-hydrogen) atoms. The molecule has 3 nitrogen and oxygen atoms in total. The third kappa shape index (κ3) is 1.43. The van der Waals surface area contributed by atoms with Gasteiger partial charge in [0.2, 0.25) is 0 Å². The first-order valence-electron chi connectivity index (χ1n) is 4.09. The Morgan fingerprint density at radius 3 is 3.18 bits per heavy atom. The van der Waals surface area contributed by atoms with Gasteiger partial charge in [-0.1, -0.05) is 0 Å². The Balaban J connectivity index is 2.06. The average molecular weight is 151 g/mol. The highest BCUT2D eigenvalue weighted by atomic mass is 15.1. The second-order valence-corrected chi connectivity index (χ2v) is 3.12. The molecule has 1 aromatic rings. The number of nitrogens with zero attached hydrogens (tertiary/aromatic N) is 1. The van der Waals surface area contributed by atoms with Crippen molar-refractivity contribution in [1.82, 2.24) is 15.5 Å². The molecule has 60 valence electrons. The van der Waals surface area contributed by atoms with E-state index in [0.29, 0.717) is 0 Å². The number of rotatable bonds is 3. The van der Waals surface area contributed by atoms with Crippen LogP contribution in [0.15, 0.2) is 6.07 Å². The molecule has 0 spiro atoms. The number of aromatic nitrogens is 2. The summed E-state index contributed by atoms with van der Waals surface area (Å²) in [6.45, 7) is 0.864. The Hall–Kier alpha value is -0.830. The summed E-state index contributed by atoms with van der Waals surface area (Å²) >= 11 is 0. The third-order valence-corrected chi connectivity index (χ3v) is 2.03. The van der Waals surface area contributed by atoms with E-state index >= 15 is 0 Å². The molecule has 1 aliphatic carbocycles. The molecule has 1 aliphatic rings. The van der Waals surface area contributed by atoms with Crippen molar-refractivity contribution in [2.24, 2.45) is 0 Å². The van der Waals surface area contributed by atoms with E-state index in [-0.39, 0.29) is 0 Å². The zero-order chi connectivity index (χ0) is 7.68. The zero-order valence-electron chi connectivity index (χ0n) is 6.72. The van der Waals surface area contributed by atoms with Crippen LogP contribution >= 0.6 is 0 Å². The van der Waals surface area contributed by atoms with Crippen LogP contribution in [0, 0.1) is 0 Å². The van der Waals surface area contributed by atoms with Crippen molar-refractivity contribution in [3.05, 3.63) is 17.5 Å². The van der Waals surface area contributed by atoms with Gasteiger partial charge in [-0.25, -0.2) is 0 Å². The molecule has 0 amide bonds. The minimum absolute atomic E-state index is 0.785. The van der Waals surface area contributed by atoms with Crippen molar-refractivity contribution < 1.29 is 0 Å². The molecule has 1 saturated carbocycles. The predicted octanol–water partition coefficient (Wildman–Crippen LogP) is 1.01. The largest absolute Gasteiger partial charge is 0.314 e. The van der Waals surface area contributed by atoms with Crippen molar-refractivity contribution >= 4 is 0 Å². The van der Waals surface area contributed by atoms with Crippen molar-refractivity contribution in [2.45, 2.75) is 25.3 Å². The average Bonchev–Trinajstić information content (AvgIpc) is 2.75. The van der Waals surface area contributed by atoms with Crippen LogP contribution < -0.4 is 5.32 Å². The summed E-state index contributed by atoms with van der Waals surface area (Å²) in [5, 5.41) is 10.3. The lowest BCUT2D eigenvalue weighted by Crippen LogP contribution is -2.04. The second-order valence-electron chi connectivity index (χ2n) is 3.12. The van der Waals surface area contributed by atoms with Gasteiger partial charge >= 0.3 is 0 Å². The van der Waals surface area contributed by atoms with Crippen LogP contribution in [0.1, 0.15) is 30.1 Å². The monoisotopic (exact) mass is 151 g/mol. The van der Waals surface area contributed by atoms with Gasteiger partial charge in [0.1, 0.15) is 0 Å². The second kappa shape index (κ2) is 2.66.